The molecule has 0 aliphatic carbocycles. The molecule has 0 radical (unpaired) electrons. The van der Waals surface area contributed by atoms with Crippen LogP contribution in [0.4, 0.5) is 5.69 Å². The second-order valence-electron chi connectivity index (χ2n) is 6.41. The largest absolute Gasteiger partial charge is 0.330 e. The van der Waals surface area contributed by atoms with Gasteiger partial charge in [-0.2, -0.15) is 0 Å². The number of amides is 2. The van der Waals surface area contributed by atoms with E-state index in [0.29, 0.717) is 39.1 Å². The van der Waals surface area contributed by atoms with Crippen molar-refractivity contribution in [2.75, 3.05) is 5.32 Å². The molecule has 0 spiro atoms. The Bertz CT molecular complexity index is 1090. The molecule has 2 heterocycles. The van der Waals surface area contributed by atoms with Crippen LogP contribution < -0.4 is 5.32 Å². The molecule has 0 atom stereocenters. The zero-order chi connectivity index (χ0) is 19.7. The molecule has 28 heavy (non-hydrogen) atoms. The molecule has 1 N–H and O–H groups in total. The Kier molecular flexibility index (Phi) is 4.98. The maximum atomic E-state index is 12.8. The van der Waals surface area contributed by atoms with E-state index in [0.717, 1.165) is 17.4 Å². The lowest BCUT2D eigenvalue weighted by atomic mass is 10.1. The summed E-state index contributed by atoms with van der Waals surface area (Å²) in [6.07, 6.45) is 0.786. The fraction of sp³-hybridized carbons (Fsp3) is 0.0952. The Morgan fingerprint density at radius 2 is 2.00 bits per heavy atom. The van der Waals surface area contributed by atoms with Crippen LogP contribution in [-0.4, -0.2) is 23.0 Å². The van der Waals surface area contributed by atoms with Gasteiger partial charge >= 0.3 is 0 Å². The van der Waals surface area contributed by atoms with Gasteiger partial charge in [0.15, 0.2) is 0 Å². The molecule has 1 aliphatic rings. The van der Waals surface area contributed by atoms with E-state index in [1.807, 2.05) is 6.07 Å². The number of nitrogens with one attached hydrogen (secondary N) is 1. The Morgan fingerprint density at radius 3 is 2.75 bits per heavy atom. The number of nitrogens with zero attached hydrogens (tertiary/aromatic N) is 1. The minimum absolute atomic E-state index is 0.0956. The molecular formula is C21H15ClN2O3S. The van der Waals surface area contributed by atoms with Gasteiger partial charge < -0.3 is 10.2 Å². The van der Waals surface area contributed by atoms with E-state index in [4.69, 9.17) is 11.6 Å². The van der Waals surface area contributed by atoms with Gasteiger partial charge in [0.25, 0.3) is 11.8 Å². The molecule has 7 heteroatoms. The van der Waals surface area contributed by atoms with Crippen molar-refractivity contribution in [3.8, 4) is 0 Å². The van der Waals surface area contributed by atoms with E-state index in [2.05, 4.69) is 5.32 Å². The van der Waals surface area contributed by atoms with Gasteiger partial charge in [0, 0.05) is 35.5 Å². The second kappa shape index (κ2) is 7.58. The first-order valence-electron chi connectivity index (χ1n) is 8.57. The van der Waals surface area contributed by atoms with Gasteiger partial charge in [0.2, 0.25) is 0 Å². The van der Waals surface area contributed by atoms with Crippen LogP contribution in [-0.2, 0) is 13.1 Å². The maximum Gasteiger partial charge on any atom is 0.265 e. The van der Waals surface area contributed by atoms with Crippen molar-refractivity contribution in [2.45, 2.75) is 13.1 Å². The van der Waals surface area contributed by atoms with Crippen LogP contribution >= 0.6 is 22.9 Å². The molecule has 5 nitrogen and oxygen atoms in total. The fourth-order valence-electron chi connectivity index (χ4n) is 3.24. The highest BCUT2D eigenvalue weighted by Crippen LogP contribution is 2.31. The predicted octanol–water partition coefficient (Wildman–Crippen LogP) is 4.62. The van der Waals surface area contributed by atoms with Crippen LogP contribution in [0.1, 0.15) is 41.5 Å². The number of hydrogen-bond acceptors (Lipinski definition) is 4. The number of carbonyl (C=O) groups excluding carboxylic acids is 3. The van der Waals surface area contributed by atoms with Gasteiger partial charge in [-0.1, -0.05) is 35.9 Å². The van der Waals surface area contributed by atoms with Crippen LogP contribution in [0.5, 0.6) is 0 Å². The third kappa shape index (κ3) is 3.56. The van der Waals surface area contributed by atoms with E-state index in [9.17, 15) is 14.4 Å². The Labute approximate surface area is 170 Å². The summed E-state index contributed by atoms with van der Waals surface area (Å²) in [5.74, 6) is -0.350. The average molecular weight is 411 g/mol. The number of fused-ring (bicyclic) bond motifs is 1. The lowest BCUT2D eigenvalue weighted by Gasteiger charge is -2.16. The summed E-state index contributed by atoms with van der Waals surface area (Å²) < 4.78 is 0.544. The molecule has 0 bridgehead atoms. The molecular weight excluding hydrogens is 396 g/mol. The number of rotatable bonds is 5. The van der Waals surface area contributed by atoms with Crippen LogP contribution in [0.3, 0.4) is 0 Å². The highest BCUT2D eigenvalue weighted by atomic mass is 35.5. The molecule has 0 saturated carbocycles. The van der Waals surface area contributed by atoms with Crippen molar-refractivity contribution in [3.05, 3.63) is 86.1 Å². The van der Waals surface area contributed by atoms with Crippen molar-refractivity contribution < 1.29 is 14.4 Å². The SMILES string of the molecule is O=Cc1cccc(CN2Cc3c(NC(=O)c4ccc(Cl)s4)cccc3C2=O)c1. The first-order chi connectivity index (χ1) is 13.5. The summed E-state index contributed by atoms with van der Waals surface area (Å²) in [6.45, 7) is 0.782. The number of carbonyl (C=O) groups is 3. The van der Waals surface area contributed by atoms with Crippen molar-refractivity contribution in [1.82, 2.24) is 4.90 Å². The van der Waals surface area contributed by atoms with Gasteiger partial charge in [0.1, 0.15) is 6.29 Å². The summed E-state index contributed by atoms with van der Waals surface area (Å²) in [6, 6.07) is 15.8. The minimum Gasteiger partial charge on any atom is -0.330 e. The fourth-order valence-corrected chi connectivity index (χ4v) is 4.18. The summed E-state index contributed by atoms with van der Waals surface area (Å²) >= 11 is 7.11. The predicted molar refractivity (Wildman–Crippen MR) is 109 cm³/mol. The second-order valence-corrected chi connectivity index (χ2v) is 8.13. The monoisotopic (exact) mass is 410 g/mol. The number of aldehydes is 1. The van der Waals surface area contributed by atoms with Gasteiger partial charge in [-0.05, 0) is 35.9 Å². The molecule has 1 aromatic heterocycles. The third-order valence-corrected chi connectivity index (χ3v) is 5.78. The van der Waals surface area contributed by atoms with E-state index in [1.165, 1.54) is 11.3 Å². The summed E-state index contributed by atoms with van der Waals surface area (Å²) in [5.41, 5.74) is 3.43. The molecule has 1 aliphatic heterocycles. The lowest BCUT2D eigenvalue weighted by Crippen LogP contribution is -2.23. The quantitative estimate of drug-likeness (QED) is 0.624. The number of anilines is 1. The van der Waals surface area contributed by atoms with Crippen molar-refractivity contribution in [2.24, 2.45) is 0 Å². The zero-order valence-electron chi connectivity index (χ0n) is 14.6. The highest BCUT2D eigenvalue weighted by molar-refractivity contribution is 7.18. The van der Waals surface area contributed by atoms with Crippen LogP contribution in [0, 0.1) is 0 Å². The minimum atomic E-state index is -0.255. The summed E-state index contributed by atoms with van der Waals surface area (Å²) in [4.78, 5) is 38.4. The van der Waals surface area contributed by atoms with Crippen LogP contribution in [0.15, 0.2) is 54.6 Å². The lowest BCUT2D eigenvalue weighted by molar-refractivity contribution is 0.0766. The van der Waals surface area contributed by atoms with Gasteiger partial charge in [-0.25, -0.2) is 0 Å². The molecule has 0 saturated heterocycles. The average Bonchev–Trinajstić information content (AvgIpc) is 3.27. The van der Waals surface area contributed by atoms with Crippen molar-refractivity contribution >= 4 is 46.7 Å². The van der Waals surface area contributed by atoms with E-state index in [1.54, 1.807) is 53.4 Å². The van der Waals surface area contributed by atoms with Crippen LogP contribution in [0.25, 0.3) is 0 Å². The van der Waals surface area contributed by atoms with Gasteiger partial charge in [-0.3, -0.25) is 14.4 Å². The Balaban J connectivity index is 1.56. The first kappa shape index (κ1) is 18.4. The summed E-state index contributed by atoms with van der Waals surface area (Å²) in [5, 5.41) is 2.88. The maximum absolute atomic E-state index is 12.8. The molecule has 0 fully saturated rings. The molecule has 2 aromatic carbocycles. The van der Waals surface area contributed by atoms with Crippen molar-refractivity contribution in [1.29, 1.82) is 0 Å². The third-order valence-electron chi connectivity index (χ3n) is 4.55. The highest BCUT2D eigenvalue weighted by Gasteiger charge is 2.29. The van der Waals surface area contributed by atoms with Gasteiger partial charge in [-0.15, -0.1) is 11.3 Å². The zero-order valence-corrected chi connectivity index (χ0v) is 16.2. The smallest absolute Gasteiger partial charge is 0.265 e. The van der Waals surface area contributed by atoms with Crippen LogP contribution in [0.2, 0.25) is 4.34 Å². The molecule has 140 valence electrons. The topological polar surface area (TPSA) is 66.5 Å². The Hall–Kier alpha value is -2.96. The first-order valence-corrected chi connectivity index (χ1v) is 9.76. The van der Waals surface area contributed by atoms with E-state index in [-0.39, 0.29) is 11.8 Å². The van der Waals surface area contributed by atoms with E-state index < -0.39 is 0 Å². The molecule has 3 aromatic rings. The Morgan fingerprint density at radius 1 is 1.18 bits per heavy atom. The van der Waals surface area contributed by atoms with Gasteiger partial charge in [0.05, 0.1) is 9.21 Å². The molecule has 0 unspecified atom stereocenters. The standard InChI is InChI=1S/C21H15ClN2O3S/c22-19-8-7-18(28-19)20(26)23-17-6-2-5-15-16(17)11-24(21(15)27)10-13-3-1-4-14(9-13)12-25/h1-9,12H,10-11H2,(H,23,26). The summed E-state index contributed by atoms with van der Waals surface area (Å²) in [7, 11) is 0. The number of thiophene rings is 1. The number of halogens is 1. The molecule has 2 amide bonds. The number of benzene rings is 2. The number of hydrogen-bond donors (Lipinski definition) is 1. The van der Waals surface area contributed by atoms with E-state index >= 15 is 0 Å². The van der Waals surface area contributed by atoms with Crippen molar-refractivity contribution in [3.63, 3.8) is 0 Å². The normalized spacial score (nSPS) is 12.8. The molecule has 4 rings (SSSR count).